The summed E-state index contributed by atoms with van der Waals surface area (Å²) in [6.45, 7) is 12.2. The number of hydrogen-bond donors (Lipinski definition) is 0. The van der Waals surface area contributed by atoms with Gasteiger partial charge in [0.05, 0.1) is 19.6 Å². The fourth-order valence-corrected chi connectivity index (χ4v) is 6.12. The first-order valence-electron chi connectivity index (χ1n) is 15.8. The van der Waals surface area contributed by atoms with Crippen molar-refractivity contribution in [1.29, 1.82) is 0 Å². The monoisotopic (exact) mass is 543 g/mol. The molecule has 214 valence electrons. The van der Waals surface area contributed by atoms with E-state index in [9.17, 15) is 0 Å². The van der Waals surface area contributed by atoms with Crippen molar-refractivity contribution >= 4 is 22.5 Å². The first-order chi connectivity index (χ1) is 20.1. The summed E-state index contributed by atoms with van der Waals surface area (Å²) in [6.07, 6.45) is 12.7. The Morgan fingerprint density at radius 2 is 0.829 bits per heavy atom. The van der Waals surface area contributed by atoms with Crippen molar-refractivity contribution in [3.8, 4) is 12.2 Å². The first kappa shape index (κ1) is 32.0. The molecule has 0 aliphatic heterocycles. The summed E-state index contributed by atoms with van der Waals surface area (Å²) in [4.78, 5) is 0. The third-order valence-corrected chi connectivity index (χ3v) is 8.47. The predicted molar refractivity (Wildman–Crippen MR) is 183 cm³/mol. The molecule has 4 rings (SSSR count). The molecular weight excluding hydrogens is 493 g/mol. The topological polar surface area (TPSA) is 0 Å². The number of unbranched alkanes of at least 4 members (excludes halogenated alkanes) is 3. The number of nitrogens with zero attached hydrogens (tertiary/aromatic N) is 1. The van der Waals surface area contributed by atoms with Crippen molar-refractivity contribution < 1.29 is 4.48 Å². The highest BCUT2D eigenvalue weighted by atomic mass is 15.3. The molecule has 0 aromatic heterocycles. The Labute approximate surface area is 251 Å². The van der Waals surface area contributed by atoms with Gasteiger partial charge < -0.3 is 10.3 Å². The normalized spacial score (nSPS) is 11.3. The molecule has 0 fully saturated rings. The quantitative estimate of drug-likeness (QED) is 0.0867. The van der Waals surface area contributed by atoms with Crippen LogP contribution in [0.4, 0.5) is 0 Å². The Hall–Kier alpha value is -3.54. The lowest BCUT2D eigenvalue weighted by Gasteiger charge is -2.39. The molecule has 0 N–H and O–H groups in total. The maximum Gasteiger partial charge on any atom is 0.148 e. The lowest BCUT2D eigenvalue weighted by molar-refractivity contribution is -0.941. The summed E-state index contributed by atoms with van der Waals surface area (Å²) < 4.78 is 1.31. The van der Waals surface area contributed by atoms with Gasteiger partial charge in [0.2, 0.25) is 0 Å². The van der Waals surface area contributed by atoms with Gasteiger partial charge in [-0.3, -0.25) is 0 Å². The highest BCUT2D eigenvalue weighted by Gasteiger charge is 2.27. The Morgan fingerprint density at radius 1 is 0.512 bits per heavy atom. The molecule has 0 aliphatic carbocycles. The van der Waals surface area contributed by atoms with Gasteiger partial charge in [0.25, 0.3) is 0 Å². The van der Waals surface area contributed by atoms with Gasteiger partial charge in [0, 0.05) is 5.56 Å². The number of hydrogen-bond acceptors (Lipinski definition) is 0. The van der Waals surface area contributed by atoms with Crippen molar-refractivity contribution in [3.05, 3.63) is 127 Å². The Balaban J connectivity index is 0.000000226. The fourth-order valence-electron chi connectivity index (χ4n) is 6.12. The minimum absolute atomic E-state index is 1.18. The van der Waals surface area contributed by atoms with Crippen molar-refractivity contribution in [2.75, 3.05) is 19.6 Å². The third-order valence-electron chi connectivity index (χ3n) is 8.47. The molecule has 0 radical (unpaired) electrons. The van der Waals surface area contributed by atoms with Crippen LogP contribution in [0.5, 0.6) is 0 Å². The molecular formula is C39H50BN. The molecule has 0 aliphatic rings. The number of terminal acetylenes is 1. The first-order valence-corrected chi connectivity index (χ1v) is 15.8. The van der Waals surface area contributed by atoms with Crippen LogP contribution in [0.1, 0.15) is 64.9 Å². The van der Waals surface area contributed by atoms with Gasteiger partial charge in [-0.05, 0) is 19.3 Å². The van der Waals surface area contributed by atoms with E-state index in [2.05, 4.69) is 130 Å². The van der Waals surface area contributed by atoms with E-state index in [0.717, 1.165) is 0 Å². The number of rotatable bonds is 14. The molecule has 0 saturated heterocycles. The maximum absolute atomic E-state index is 6.08. The van der Waals surface area contributed by atoms with Crippen molar-refractivity contribution in [2.45, 2.75) is 65.8 Å². The van der Waals surface area contributed by atoms with Crippen LogP contribution in [-0.4, -0.2) is 30.3 Å². The van der Waals surface area contributed by atoms with Gasteiger partial charge in [-0.1, -0.05) is 161 Å². The summed E-state index contributed by atoms with van der Waals surface area (Å²) in [7, 11) is 0. The van der Waals surface area contributed by atoms with E-state index in [1.807, 2.05) is 18.2 Å². The van der Waals surface area contributed by atoms with Crippen LogP contribution in [0.15, 0.2) is 121 Å². The zero-order chi connectivity index (χ0) is 29.2. The molecule has 41 heavy (non-hydrogen) atoms. The summed E-state index contributed by atoms with van der Waals surface area (Å²) in [5.74, 6) is 3.13. The highest BCUT2D eigenvalue weighted by molar-refractivity contribution is 7.16. The van der Waals surface area contributed by atoms with Gasteiger partial charge in [-0.25, -0.2) is 0 Å². The van der Waals surface area contributed by atoms with E-state index in [1.54, 1.807) is 0 Å². The molecule has 0 unspecified atom stereocenters. The largest absolute Gasteiger partial charge is 0.320 e. The van der Waals surface area contributed by atoms with E-state index in [0.29, 0.717) is 0 Å². The molecule has 1 nitrogen and oxygen atoms in total. The Morgan fingerprint density at radius 3 is 1.12 bits per heavy atom. The number of benzene rings is 4. The molecule has 0 bridgehead atoms. The molecule has 2 heteroatoms. The lowest BCUT2D eigenvalue weighted by Crippen LogP contribution is -2.66. The summed E-state index contributed by atoms with van der Waals surface area (Å²) >= 11 is 0. The van der Waals surface area contributed by atoms with E-state index in [1.165, 1.54) is 91.1 Å². The van der Waals surface area contributed by atoms with Crippen LogP contribution >= 0.6 is 0 Å². The molecule has 4 aromatic carbocycles. The van der Waals surface area contributed by atoms with Crippen LogP contribution in [0, 0.1) is 12.2 Å². The van der Waals surface area contributed by atoms with Crippen LogP contribution in [0.25, 0.3) is 0 Å². The molecule has 0 heterocycles. The van der Waals surface area contributed by atoms with Gasteiger partial charge >= 0.3 is 0 Å². The SMILES string of the molecule is C#C[B-](c1ccccc1)(c1ccccc1)c1ccccc1.CCCC[N+](CCCC)(CCCC)Cc1ccccc1. The van der Waals surface area contributed by atoms with E-state index in [-0.39, 0.29) is 0 Å². The van der Waals surface area contributed by atoms with Crippen LogP contribution < -0.4 is 16.4 Å². The maximum atomic E-state index is 6.08. The molecule has 0 saturated carbocycles. The van der Waals surface area contributed by atoms with Crippen molar-refractivity contribution in [1.82, 2.24) is 0 Å². The number of quaternary nitrogens is 1. The smallest absolute Gasteiger partial charge is 0.148 e. The van der Waals surface area contributed by atoms with E-state index in [4.69, 9.17) is 6.42 Å². The lowest BCUT2D eigenvalue weighted by atomic mass is 9.16. The van der Waals surface area contributed by atoms with Gasteiger partial charge in [-0.2, -0.15) is 22.8 Å². The second-order valence-corrected chi connectivity index (χ2v) is 11.5. The molecule has 0 atom stereocenters. The Kier molecular flexibility index (Phi) is 13.5. The van der Waals surface area contributed by atoms with Crippen LogP contribution in [-0.2, 0) is 6.54 Å². The van der Waals surface area contributed by atoms with Crippen molar-refractivity contribution in [2.24, 2.45) is 0 Å². The van der Waals surface area contributed by atoms with Gasteiger partial charge in [0.1, 0.15) is 12.7 Å². The van der Waals surface area contributed by atoms with Crippen LogP contribution in [0.2, 0.25) is 0 Å². The van der Waals surface area contributed by atoms with E-state index >= 15 is 0 Å². The third kappa shape index (κ3) is 8.98. The van der Waals surface area contributed by atoms with Crippen LogP contribution in [0.3, 0.4) is 0 Å². The summed E-state index contributed by atoms with van der Waals surface area (Å²) in [5.41, 5.74) is 5.04. The minimum Gasteiger partial charge on any atom is -0.320 e. The van der Waals surface area contributed by atoms with Gasteiger partial charge in [-0.15, -0.1) is 0 Å². The minimum atomic E-state index is -1.37. The van der Waals surface area contributed by atoms with E-state index < -0.39 is 6.15 Å². The highest BCUT2D eigenvalue weighted by Crippen LogP contribution is 2.20. The zero-order valence-corrected chi connectivity index (χ0v) is 25.7. The molecule has 4 aromatic rings. The second kappa shape index (κ2) is 17.3. The fraction of sp³-hybridized carbons (Fsp3) is 0.333. The Bertz CT molecular complexity index is 1140. The average molecular weight is 544 g/mol. The van der Waals surface area contributed by atoms with Crippen molar-refractivity contribution in [3.63, 3.8) is 0 Å². The van der Waals surface area contributed by atoms with Gasteiger partial charge in [0.15, 0.2) is 0 Å². The average Bonchev–Trinajstić information content (AvgIpc) is 3.05. The standard InChI is InChI=1S/C20H16B.C19H34N/c1-2-21(18-12-6-3-7-13-18,19-14-8-4-9-15-19)20-16-10-5-11-17-20;1-4-7-15-20(16-8-5-2,17-9-6-3)18-19-13-11-10-12-14-19/h1,3-17H;10-14H,4-9,15-18H2,1-3H3/q-1;+1. The second-order valence-electron chi connectivity index (χ2n) is 11.5. The summed E-state index contributed by atoms with van der Waals surface area (Å²) in [5, 5.41) is 0. The summed E-state index contributed by atoms with van der Waals surface area (Å²) in [6, 6.07) is 42.2. The molecule has 0 amide bonds. The zero-order valence-electron chi connectivity index (χ0n) is 25.7. The predicted octanol–water partition coefficient (Wildman–Crippen LogP) is 7.73. The molecule has 0 spiro atoms.